The van der Waals surface area contributed by atoms with E-state index >= 15 is 0 Å². The Kier molecular flexibility index (Phi) is 5.36. The molecule has 0 N–H and O–H groups in total. The maximum absolute atomic E-state index is 14.4. The highest BCUT2D eigenvalue weighted by molar-refractivity contribution is 5.47. The summed E-state index contributed by atoms with van der Waals surface area (Å²) in [7, 11) is 0. The summed E-state index contributed by atoms with van der Waals surface area (Å²) in [6.45, 7) is 3.73. The van der Waals surface area contributed by atoms with Crippen LogP contribution in [0.5, 0.6) is 0 Å². The molecule has 0 unspecified atom stereocenters. The van der Waals surface area contributed by atoms with Crippen LogP contribution >= 0.6 is 0 Å². The molecule has 0 spiro atoms. The van der Waals surface area contributed by atoms with Gasteiger partial charge in [0.25, 0.3) is 0 Å². The van der Waals surface area contributed by atoms with E-state index in [1.807, 2.05) is 0 Å². The van der Waals surface area contributed by atoms with Gasteiger partial charge in [0.05, 0.1) is 11.1 Å². The molecule has 2 aromatic carbocycles. The van der Waals surface area contributed by atoms with Crippen LogP contribution in [0.15, 0.2) is 24.3 Å². The van der Waals surface area contributed by atoms with Crippen molar-refractivity contribution in [2.45, 2.75) is 45.4 Å². The molecule has 0 heterocycles. The van der Waals surface area contributed by atoms with Crippen LogP contribution < -0.4 is 0 Å². The van der Waals surface area contributed by atoms with Gasteiger partial charge in [0.1, 0.15) is 23.3 Å². The van der Waals surface area contributed by atoms with Gasteiger partial charge in [-0.15, -0.1) is 0 Å². The average molecular weight is 360 g/mol. The highest BCUT2D eigenvalue weighted by Crippen LogP contribution is 2.36. The van der Waals surface area contributed by atoms with Crippen molar-refractivity contribution in [2.75, 3.05) is 0 Å². The Morgan fingerprint density at radius 1 is 0.731 bits per heavy atom. The molecule has 0 radical (unpaired) electrons. The SMILES string of the molecule is Cc1cc(F)c(C#Cc2c(F)cc(C3CCC(C)CC3)cc2F)c(F)c1. The molecule has 0 aliphatic heterocycles. The molecular weight excluding hydrogens is 340 g/mol. The Labute approximate surface area is 151 Å². The van der Waals surface area contributed by atoms with Crippen LogP contribution in [0.2, 0.25) is 0 Å². The third-order valence-corrected chi connectivity index (χ3v) is 5.05. The van der Waals surface area contributed by atoms with Crippen molar-refractivity contribution in [3.8, 4) is 11.8 Å². The number of hydrogen-bond donors (Lipinski definition) is 0. The zero-order chi connectivity index (χ0) is 18.8. The molecule has 1 aliphatic rings. The molecule has 0 bridgehead atoms. The lowest BCUT2D eigenvalue weighted by Gasteiger charge is -2.26. The molecule has 1 aliphatic carbocycles. The summed E-state index contributed by atoms with van der Waals surface area (Å²) < 4.78 is 56.4. The molecule has 0 amide bonds. The molecule has 1 fully saturated rings. The molecule has 4 heteroatoms. The molecular formula is C22H20F4. The second-order valence-corrected chi connectivity index (χ2v) is 7.17. The first-order valence-corrected chi connectivity index (χ1v) is 8.81. The van der Waals surface area contributed by atoms with Gasteiger partial charge in [0.2, 0.25) is 0 Å². The predicted octanol–water partition coefficient (Wildman–Crippen LogP) is 6.24. The second-order valence-electron chi connectivity index (χ2n) is 7.17. The fraction of sp³-hybridized carbons (Fsp3) is 0.364. The van der Waals surface area contributed by atoms with Crippen molar-refractivity contribution < 1.29 is 17.6 Å². The van der Waals surface area contributed by atoms with E-state index in [1.54, 1.807) is 6.92 Å². The van der Waals surface area contributed by atoms with Crippen molar-refractivity contribution in [2.24, 2.45) is 5.92 Å². The molecule has 2 aromatic rings. The first-order chi connectivity index (χ1) is 12.3. The van der Waals surface area contributed by atoms with Crippen molar-refractivity contribution in [1.29, 1.82) is 0 Å². The van der Waals surface area contributed by atoms with Crippen LogP contribution in [0.25, 0.3) is 0 Å². The largest absolute Gasteiger partial charge is 0.206 e. The monoisotopic (exact) mass is 360 g/mol. The van der Waals surface area contributed by atoms with E-state index in [-0.39, 0.29) is 5.92 Å². The van der Waals surface area contributed by atoms with Crippen molar-refractivity contribution in [3.63, 3.8) is 0 Å². The van der Waals surface area contributed by atoms with E-state index in [0.717, 1.165) is 37.8 Å². The number of halogens is 4. The van der Waals surface area contributed by atoms with Gasteiger partial charge in [-0.1, -0.05) is 31.6 Å². The summed E-state index contributed by atoms with van der Waals surface area (Å²) >= 11 is 0. The maximum Gasteiger partial charge on any atom is 0.142 e. The quantitative estimate of drug-likeness (QED) is 0.417. The number of rotatable bonds is 1. The molecule has 3 rings (SSSR count). The molecule has 0 aromatic heterocycles. The number of benzene rings is 2. The topological polar surface area (TPSA) is 0 Å². The van der Waals surface area contributed by atoms with Crippen molar-refractivity contribution in [1.82, 2.24) is 0 Å². The summed E-state index contributed by atoms with van der Waals surface area (Å²) in [6, 6.07) is 4.87. The zero-order valence-electron chi connectivity index (χ0n) is 14.8. The van der Waals surface area contributed by atoms with E-state index in [2.05, 4.69) is 18.8 Å². The predicted molar refractivity (Wildman–Crippen MR) is 93.8 cm³/mol. The summed E-state index contributed by atoms with van der Waals surface area (Å²) in [5.41, 5.74) is 0.0938. The lowest BCUT2D eigenvalue weighted by Crippen LogP contribution is -2.11. The van der Waals surface area contributed by atoms with Gasteiger partial charge in [-0.2, -0.15) is 0 Å². The summed E-state index contributed by atoms with van der Waals surface area (Å²) in [5, 5.41) is 0. The Bertz CT molecular complexity index is 835. The van der Waals surface area contributed by atoms with Crippen LogP contribution in [0.4, 0.5) is 17.6 Å². The molecule has 1 saturated carbocycles. The second kappa shape index (κ2) is 7.53. The van der Waals surface area contributed by atoms with Crippen LogP contribution in [0, 0.1) is 48.0 Å². The number of aryl methyl sites for hydroxylation is 1. The summed E-state index contributed by atoms with van der Waals surface area (Å²) in [5.74, 6) is 2.00. The van der Waals surface area contributed by atoms with Gasteiger partial charge in [-0.05, 0) is 67.0 Å². The van der Waals surface area contributed by atoms with E-state index in [4.69, 9.17) is 0 Å². The van der Waals surface area contributed by atoms with Crippen molar-refractivity contribution >= 4 is 0 Å². The fourth-order valence-corrected chi connectivity index (χ4v) is 3.49. The van der Waals surface area contributed by atoms with Crippen LogP contribution in [-0.2, 0) is 0 Å². The van der Waals surface area contributed by atoms with Gasteiger partial charge in [-0.25, -0.2) is 17.6 Å². The normalized spacial score (nSPS) is 19.8. The van der Waals surface area contributed by atoms with Gasteiger partial charge in [0, 0.05) is 0 Å². The molecule has 0 atom stereocenters. The molecule has 136 valence electrons. The van der Waals surface area contributed by atoms with Gasteiger partial charge in [-0.3, -0.25) is 0 Å². The molecule has 0 nitrogen and oxygen atoms in total. The zero-order valence-corrected chi connectivity index (χ0v) is 14.8. The molecule has 0 saturated heterocycles. The highest BCUT2D eigenvalue weighted by atomic mass is 19.1. The van der Waals surface area contributed by atoms with E-state index in [0.29, 0.717) is 17.0 Å². The van der Waals surface area contributed by atoms with E-state index in [9.17, 15) is 17.6 Å². The van der Waals surface area contributed by atoms with E-state index < -0.39 is 34.4 Å². The smallest absolute Gasteiger partial charge is 0.142 e. The van der Waals surface area contributed by atoms with Gasteiger partial charge < -0.3 is 0 Å². The Balaban J connectivity index is 1.91. The Morgan fingerprint density at radius 3 is 1.62 bits per heavy atom. The first kappa shape index (κ1) is 18.5. The highest BCUT2D eigenvalue weighted by Gasteiger charge is 2.22. The Hall–Kier alpha value is -2.28. The lowest BCUT2D eigenvalue weighted by molar-refractivity contribution is 0.346. The van der Waals surface area contributed by atoms with E-state index in [1.165, 1.54) is 12.1 Å². The van der Waals surface area contributed by atoms with Crippen molar-refractivity contribution in [3.05, 3.63) is 69.8 Å². The minimum atomic E-state index is -0.844. The average Bonchev–Trinajstić information content (AvgIpc) is 2.56. The third kappa shape index (κ3) is 3.93. The maximum atomic E-state index is 14.4. The molecule has 26 heavy (non-hydrogen) atoms. The first-order valence-electron chi connectivity index (χ1n) is 8.81. The summed E-state index contributed by atoms with van der Waals surface area (Å²) in [6.07, 6.45) is 3.90. The fourth-order valence-electron chi connectivity index (χ4n) is 3.49. The Morgan fingerprint density at radius 2 is 1.15 bits per heavy atom. The van der Waals surface area contributed by atoms with Crippen LogP contribution in [0.3, 0.4) is 0 Å². The van der Waals surface area contributed by atoms with Crippen LogP contribution in [0.1, 0.15) is 60.8 Å². The standard InChI is InChI=1S/C22H20F4/c1-13-3-5-15(6-4-13)16-11-21(25)18(22(26)12-16)8-7-17-19(23)9-14(2)10-20(17)24/h9-13,15H,3-6H2,1-2H3. The third-order valence-electron chi connectivity index (χ3n) is 5.05. The lowest BCUT2D eigenvalue weighted by atomic mass is 9.79. The van der Waals surface area contributed by atoms with Crippen LogP contribution in [-0.4, -0.2) is 0 Å². The minimum absolute atomic E-state index is 0.143. The number of hydrogen-bond acceptors (Lipinski definition) is 0. The summed E-state index contributed by atoms with van der Waals surface area (Å²) in [4.78, 5) is 0. The van der Waals surface area contributed by atoms with Gasteiger partial charge in [0.15, 0.2) is 0 Å². The minimum Gasteiger partial charge on any atom is -0.206 e. The van der Waals surface area contributed by atoms with Gasteiger partial charge >= 0.3 is 0 Å².